The van der Waals surface area contributed by atoms with Gasteiger partial charge < -0.3 is 10.8 Å². The molecule has 2 aromatic heterocycles. The highest BCUT2D eigenvalue weighted by Gasteiger charge is 2.30. The average Bonchev–Trinajstić information content (AvgIpc) is 3.00. The number of halogens is 3. The van der Waals surface area contributed by atoms with Gasteiger partial charge in [-0.1, -0.05) is 18.2 Å². The van der Waals surface area contributed by atoms with Crippen LogP contribution in [0.1, 0.15) is 27.2 Å². The van der Waals surface area contributed by atoms with Gasteiger partial charge in [0.05, 0.1) is 5.56 Å². The quantitative estimate of drug-likeness (QED) is 0.755. The first-order valence-electron chi connectivity index (χ1n) is 7.28. The maximum absolute atomic E-state index is 12.8. The highest BCUT2D eigenvalue weighted by atomic mass is 19.4. The minimum Gasteiger partial charge on any atom is -0.505 e. The SMILES string of the molecule is NC(=O)c1c(O)cc(CCc2cccc(C(F)(F)F)c2)c2ncnn12. The number of amides is 1. The van der Waals surface area contributed by atoms with Gasteiger partial charge in [0.1, 0.15) is 12.1 Å². The lowest BCUT2D eigenvalue weighted by Gasteiger charge is -2.10. The molecule has 0 aliphatic rings. The van der Waals surface area contributed by atoms with E-state index in [1.54, 1.807) is 6.07 Å². The van der Waals surface area contributed by atoms with Crippen molar-refractivity contribution in [1.29, 1.82) is 0 Å². The van der Waals surface area contributed by atoms with Crippen LogP contribution in [0.2, 0.25) is 0 Å². The Hall–Kier alpha value is -3.10. The molecule has 9 heteroatoms. The summed E-state index contributed by atoms with van der Waals surface area (Å²) in [7, 11) is 0. The van der Waals surface area contributed by atoms with Crippen LogP contribution < -0.4 is 5.73 Å². The Kier molecular flexibility index (Phi) is 4.07. The number of hydrogen-bond donors (Lipinski definition) is 2. The van der Waals surface area contributed by atoms with Crippen LogP contribution in [-0.4, -0.2) is 25.6 Å². The molecule has 3 N–H and O–H groups in total. The van der Waals surface area contributed by atoms with Gasteiger partial charge in [0, 0.05) is 5.56 Å². The van der Waals surface area contributed by atoms with E-state index < -0.39 is 17.6 Å². The number of carbonyl (C=O) groups excluding carboxylic acids is 1. The molecule has 25 heavy (non-hydrogen) atoms. The molecule has 2 heterocycles. The van der Waals surface area contributed by atoms with Crippen molar-refractivity contribution in [3.05, 3.63) is 59.0 Å². The first kappa shape index (κ1) is 16.7. The van der Waals surface area contributed by atoms with Gasteiger partial charge in [0.25, 0.3) is 5.91 Å². The monoisotopic (exact) mass is 350 g/mol. The third-order valence-electron chi connectivity index (χ3n) is 3.77. The summed E-state index contributed by atoms with van der Waals surface area (Å²) in [6.45, 7) is 0. The molecule has 0 aliphatic carbocycles. The molecule has 1 amide bonds. The second kappa shape index (κ2) is 6.08. The van der Waals surface area contributed by atoms with Crippen LogP contribution in [0.3, 0.4) is 0 Å². The normalized spacial score (nSPS) is 11.8. The zero-order valence-electron chi connectivity index (χ0n) is 12.8. The van der Waals surface area contributed by atoms with Crippen molar-refractivity contribution >= 4 is 11.6 Å². The number of nitrogens with two attached hydrogens (primary N) is 1. The van der Waals surface area contributed by atoms with Crippen LogP contribution in [-0.2, 0) is 19.0 Å². The number of nitrogens with zero attached hydrogens (tertiary/aromatic N) is 3. The van der Waals surface area contributed by atoms with Crippen molar-refractivity contribution < 1.29 is 23.1 Å². The van der Waals surface area contributed by atoms with Gasteiger partial charge in [-0.2, -0.15) is 18.3 Å². The molecule has 1 aromatic carbocycles. The topological polar surface area (TPSA) is 93.5 Å². The summed E-state index contributed by atoms with van der Waals surface area (Å²) in [4.78, 5) is 15.4. The van der Waals surface area contributed by atoms with Crippen molar-refractivity contribution in [3.63, 3.8) is 0 Å². The van der Waals surface area contributed by atoms with E-state index in [1.165, 1.54) is 18.5 Å². The van der Waals surface area contributed by atoms with E-state index in [4.69, 9.17) is 5.73 Å². The van der Waals surface area contributed by atoms with Gasteiger partial charge in [-0.05, 0) is 30.5 Å². The van der Waals surface area contributed by atoms with E-state index in [1.807, 2.05) is 0 Å². The summed E-state index contributed by atoms with van der Waals surface area (Å²) >= 11 is 0. The average molecular weight is 350 g/mol. The molecule has 130 valence electrons. The lowest BCUT2D eigenvalue weighted by molar-refractivity contribution is -0.137. The summed E-state index contributed by atoms with van der Waals surface area (Å²) in [5.41, 5.74) is 5.65. The highest BCUT2D eigenvalue weighted by Crippen LogP contribution is 2.30. The molecule has 0 radical (unpaired) electrons. The van der Waals surface area contributed by atoms with Crippen molar-refractivity contribution in [2.24, 2.45) is 5.73 Å². The number of aromatic hydroxyl groups is 1. The van der Waals surface area contributed by atoms with Crippen LogP contribution in [0.5, 0.6) is 5.75 Å². The third kappa shape index (κ3) is 3.25. The summed E-state index contributed by atoms with van der Waals surface area (Å²) in [5, 5.41) is 13.8. The van der Waals surface area contributed by atoms with Crippen LogP contribution in [0.15, 0.2) is 36.7 Å². The number of rotatable bonds is 4. The van der Waals surface area contributed by atoms with Crippen LogP contribution >= 0.6 is 0 Å². The first-order valence-corrected chi connectivity index (χ1v) is 7.28. The smallest absolute Gasteiger partial charge is 0.416 e. The predicted molar refractivity (Wildman–Crippen MR) is 82.0 cm³/mol. The number of alkyl halides is 3. The number of pyridine rings is 1. The maximum Gasteiger partial charge on any atom is 0.416 e. The number of fused-ring (bicyclic) bond motifs is 1. The third-order valence-corrected chi connectivity index (χ3v) is 3.77. The largest absolute Gasteiger partial charge is 0.505 e. The number of aromatic nitrogens is 3. The summed E-state index contributed by atoms with van der Waals surface area (Å²) in [5.74, 6) is -1.22. The Morgan fingerprint density at radius 3 is 2.68 bits per heavy atom. The molecule has 0 atom stereocenters. The van der Waals surface area contributed by atoms with E-state index in [0.717, 1.165) is 16.6 Å². The zero-order valence-corrected chi connectivity index (χ0v) is 12.8. The van der Waals surface area contributed by atoms with Gasteiger partial charge in [-0.3, -0.25) is 4.79 Å². The Morgan fingerprint density at radius 2 is 2.00 bits per heavy atom. The Bertz CT molecular complexity index is 950. The molecule has 0 fully saturated rings. The van der Waals surface area contributed by atoms with Gasteiger partial charge in [-0.25, -0.2) is 9.50 Å². The van der Waals surface area contributed by atoms with E-state index in [-0.39, 0.29) is 11.4 Å². The van der Waals surface area contributed by atoms with E-state index in [2.05, 4.69) is 10.1 Å². The predicted octanol–water partition coefficient (Wildman–Crippen LogP) is 2.34. The molecule has 0 saturated carbocycles. The van der Waals surface area contributed by atoms with Crippen molar-refractivity contribution in [2.45, 2.75) is 19.0 Å². The Balaban J connectivity index is 1.91. The highest BCUT2D eigenvalue weighted by molar-refractivity contribution is 5.94. The zero-order chi connectivity index (χ0) is 18.2. The molecule has 6 nitrogen and oxygen atoms in total. The summed E-state index contributed by atoms with van der Waals surface area (Å²) in [6, 6.07) is 6.36. The maximum atomic E-state index is 12.8. The van der Waals surface area contributed by atoms with Crippen molar-refractivity contribution in [3.8, 4) is 5.75 Å². The number of benzene rings is 1. The molecular weight excluding hydrogens is 337 g/mol. The lowest BCUT2D eigenvalue weighted by atomic mass is 10.0. The summed E-state index contributed by atoms with van der Waals surface area (Å²) < 4.78 is 39.4. The second-order valence-electron chi connectivity index (χ2n) is 5.46. The van der Waals surface area contributed by atoms with E-state index in [0.29, 0.717) is 29.6 Å². The fourth-order valence-electron chi connectivity index (χ4n) is 2.63. The molecule has 0 aliphatic heterocycles. The number of carbonyl (C=O) groups is 1. The standard InChI is InChI=1S/C16H13F3N4O2/c17-16(18,19)11-3-1-2-9(6-11)4-5-10-7-12(24)13(14(20)25)23-15(10)21-8-22-23/h1-3,6-8,24H,4-5H2,(H2,20,25). The molecular formula is C16H13F3N4O2. The fraction of sp³-hybridized carbons (Fsp3) is 0.188. The Morgan fingerprint density at radius 1 is 1.24 bits per heavy atom. The van der Waals surface area contributed by atoms with Gasteiger partial charge in [0.2, 0.25) is 0 Å². The Labute approximate surface area is 139 Å². The van der Waals surface area contributed by atoms with Crippen LogP contribution in [0.4, 0.5) is 13.2 Å². The molecule has 0 bridgehead atoms. The van der Waals surface area contributed by atoms with Crippen LogP contribution in [0.25, 0.3) is 5.65 Å². The first-order chi connectivity index (χ1) is 11.8. The fourth-order valence-corrected chi connectivity index (χ4v) is 2.63. The van der Waals surface area contributed by atoms with Crippen molar-refractivity contribution in [1.82, 2.24) is 14.6 Å². The van der Waals surface area contributed by atoms with Gasteiger partial charge >= 0.3 is 6.18 Å². The van der Waals surface area contributed by atoms with Gasteiger partial charge in [-0.15, -0.1) is 0 Å². The van der Waals surface area contributed by atoms with E-state index >= 15 is 0 Å². The number of primary amides is 1. The van der Waals surface area contributed by atoms with Crippen molar-refractivity contribution in [2.75, 3.05) is 0 Å². The molecule has 0 unspecified atom stereocenters. The van der Waals surface area contributed by atoms with E-state index in [9.17, 15) is 23.1 Å². The summed E-state index contributed by atoms with van der Waals surface area (Å²) in [6.07, 6.45) is -2.61. The minimum atomic E-state index is -4.41. The molecule has 0 saturated heterocycles. The van der Waals surface area contributed by atoms with Crippen LogP contribution in [0, 0.1) is 0 Å². The van der Waals surface area contributed by atoms with Gasteiger partial charge in [0.15, 0.2) is 11.3 Å². The minimum absolute atomic E-state index is 0.199. The number of hydrogen-bond acceptors (Lipinski definition) is 4. The molecule has 3 aromatic rings. The molecule has 3 rings (SSSR count). The second-order valence-corrected chi connectivity index (χ2v) is 5.46. The molecule has 0 spiro atoms. The lowest BCUT2D eigenvalue weighted by Crippen LogP contribution is -2.17. The number of aryl methyl sites for hydroxylation is 2.